The lowest BCUT2D eigenvalue weighted by atomic mass is 9.84. The van der Waals surface area contributed by atoms with Gasteiger partial charge in [-0.1, -0.05) is 43.2 Å². The van der Waals surface area contributed by atoms with Crippen LogP contribution in [0.5, 0.6) is 5.88 Å². The van der Waals surface area contributed by atoms with Crippen LogP contribution in [-0.4, -0.2) is 25.2 Å². The Morgan fingerprint density at radius 3 is 2.57 bits per heavy atom. The number of rotatable bonds is 6. The molecule has 158 valence electrons. The molecule has 0 spiro atoms. The molecule has 3 aromatic rings. The monoisotopic (exact) mass is 423 g/mol. The maximum Gasteiger partial charge on any atom is 0.313 e. The van der Waals surface area contributed by atoms with Crippen LogP contribution in [0.25, 0.3) is 21.3 Å². The Bertz CT molecular complexity index is 1070. The minimum Gasteiger partial charge on any atom is -0.481 e. The second-order valence-electron chi connectivity index (χ2n) is 8.03. The fraction of sp³-hybridized carbons (Fsp3) is 0.440. The third-order valence-electron chi connectivity index (χ3n) is 6.05. The zero-order valence-electron chi connectivity index (χ0n) is 18.2. The van der Waals surface area contributed by atoms with Crippen molar-refractivity contribution in [3.8, 4) is 17.0 Å². The first-order valence-corrected chi connectivity index (χ1v) is 11.6. The van der Waals surface area contributed by atoms with Crippen molar-refractivity contribution in [3.05, 3.63) is 45.8 Å². The number of nitrogens with zero attached hydrogens (tertiary/aromatic N) is 1. The van der Waals surface area contributed by atoms with Gasteiger partial charge in [-0.05, 0) is 50.2 Å². The number of thiophene rings is 1. The number of esters is 1. The Balaban J connectivity index is 2.11. The Morgan fingerprint density at radius 2 is 1.90 bits per heavy atom. The molecule has 1 aliphatic carbocycles. The lowest BCUT2D eigenvalue weighted by Crippen LogP contribution is -2.17. The number of aryl methyl sites for hydroxylation is 3. The molecule has 1 unspecified atom stereocenters. The molecule has 5 heteroatoms. The SMILES string of the molecule is CCCC(C(=O)OC)c1c(OC)nc2sc3c(c2c1-c1ccc(C)cc1)CCCC3. The van der Waals surface area contributed by atoms with Crippen molar-refractivity contribution in [2.45, 2.75) is 58.3 Å². The van der Waals surface area contributed by atoms with Crippen LogP contribution < -0.4 is 4.74 Å². The minimum absolute atomic E-state index is 0.228. The first-order chi connectivity index (χ1) is 14.6. The van der Waals surface area contributed by atoms with E-state index >= 15 is 0 Å². The van der Waals surface area contributed by atoms with Gasteiger partial charge in [-0.2, -0.15) is 0 Å². The molecule has 2 heterocycles. The summed E-state index contributed by atoms with van der Waals surface area (Å²) in [5, 5.41) is 1.21. The molecule has 2 aromatic heterocycles. The Kier molecular flexibility index (Phi) is 6.09. The summed E-state index contributed by atoms with van der Waals surface area (Å²) in [6.07, 6.45) is 6.17. The molecule has 0 aliphatic heterocycles. The van der Waals surface area contributed by atoms with Crippen LogP contribution in [0.15, 0.2) is 24.3 Å². The standard InChI is InChI=1S/C25H29NO3S/c1-5-8-18(25(27)29-4)21-20(16-13-11-15(2)12-14-16)22-17-9-6-7-10-19(17)30-24(22)26-23(21)28-3/h11-14,18H,5-10H2,1-4H3. The van der Waals surface area contributed by atoms with Crippen LogP contribution in [-0.2, 0) is 22.4 Å². The molecule has 0 radical (unpaired) electrons. The third kappa shape index (κ3) is 3.60. The van der Waals surface area contributed by atoms with Gasteiger partial charge in [-0.15, -0.1) is 11.3 Å². The van der Waals surface area contributed by atoms with Crippen molar-refractivity contribution in [2.75, 3.05) is 14.2 Å². The highest BCUT2D eigenvalue weighted by Crippen LogP contribution is 2.47. The third-order valence-corrected chi connectivity index (χ3v) is 7.24. The number of hydrogen-bond donors (Lipinski definition) is 0. The zero-order chi connectivity index (χ0) is 21.3. The van der Waals surface area contributed by atoms with Gasteiger partial charge >= 0.3 is 5.97 Å². The van der Waals surface area contributed by atoms with Crippen molar-refractivity contribution in [1.82, 2.24) is 4.98 Å². The van der Waals surface area contributed by atoms with Gasteiger partial charge in [-0.3, -0.25) is 4.79 Å². The van der Waals surface area contributed by atoms with Crippen molar-refractivity contribution in [2.24, 2.45) is 0 Å². The average molecular weight is 424 g/mol. The molecule has 30 heavy (non-hydrogen) atoms. The van der Waals surface area contributed by atoms with E-state index in [2.05, 4.69) is 38.1 Å². The van der Waals surface area contributed by atoms with Crippen LogP contribution in [0.4, 0.5) is 0 Å². The number of aromatic nitrogens is 1. The molecule has 0 N–H and O–H groups in total. The molecule has 1 aromatic carbocycles. The predicted molar refractivity (Wildman–Crippen MR) is 123 cm³/mol. The van der Waals surface area contributed by atoms with Crippen LogP contribution in [0.2, 0.25) is 0 Å². The lowest BCUT2D eigenvalue weighted by Gasteiger charge is -2.22. The molecule has 0 saturated carbocycles. The lowest BCUT2D eigenvalue weighted by molar-refractivity contribution is -0.142. The van der Waals surface area contributed by atoms with Crippen LogP contribution >= 0.6 is 11.3 Å². The Hall–Kier alpha value is -2.40. The van der Waals surface area contributed by atoms with Gasteiger partial charge < -0.3 is 9.47 Å². The van der Waals surface area contributed by atoms with E-state index < -0.39 is 5.92 Å². The maximum absolute atomic E-state index is 12.9. The molecular formula is C25H29NO3S. The summed E-state index contributed by atoms with van der Waals surface area (Å²) in [5.41, 5.74) is 5.70. The molecule has 4 nitrogen and oxygen atoms in total. The number of ether oxygens (including phenoxy) is 2. The highest BCUT2D eigenvalue weighted by molar-refractivity contribution is 7.19. The molecule has 0 fully saturated rings. The first kappa shape index (κ1) is 20.9. The van der Waals surface area contributed by atoms with Gasteiger partial charge in [-0.25, -0.2) is 4.98 Å². The van der Waals surface area contributed by atoms with Crippen molar-refractivity contribution in [1.29, 1.82) is 0 Å². The topological polar surface area (TPSA) is 48.4 Å². The average Bonchev–Trinajstić information content (AvgIpc) is 3.14. The summed E-state index contributed by atoms with van der Waals surface area (Å²) < 4.78 is 11.0. The van der Waals surface area contributed by atoms with Crippen LogP contribution in [0.3, 0.4) is 0 Å². The molecule has 4 rings (SSSR count). The maximum atomic E-state index is 12.9. The minimum atomic E-state index is -0.401. The number of methoxy groups -OCH3 is 2. The largest absolute Gasteiger partial charge is 0.481 e. The summed E-state index contributed by atoms with van der Waals surface area (Å²) in [6, 6.07) is 8.56. The van der Waals surface area contributed by atoms with E-state index in [9.17, 15) is 4.79 Å². The number of benzene rings is 1. The van der Waals surface area contributed by atoms with E-state index in [1.165, 1.54) is 41.3 Å². The quantitative estimate of drug-likeness (QED) is 0.442. The normalized spacial score (nSPS) is 14.4. The number of carbonyl (C=O) groups excluding carboxylic acids is 1. The summed E-state index contributed by atoms with van der Waals surface area (Å²) >= 11 is 1.78. The van der Waals surface area contributed by atoms with E-state index in [0.29, 0.717) is 12.3 Å². The van der Waals surface area contributed by atoms with E-state index in [4.69, 9.17) is 14.5 Å². The van der Waals surface area contributed by atoms with Crippen molar-refractivity contribution < 1.29 is 14.3 Å². The van der Waals surface area contributed by atoms with Gasteiger partial charge in [0.25, 0.3) is 0 Å². The van der Waals surface area contributed by atoms with Gasteiger partial charge in [0, 0.05) is 21.4 Å². The molecule has 1 aliphatic rings. The highest BCUT2D eigenvalue weighted by Gasteiger charge is 2.32. The van der Waals surface area contributed by atoms with Crippen molar-refractivity contribution >= 4 is 27.5 Å². The Morgan fingerprint density at radius 1 is 1.17 bits per heavy atom. The Labute approximate surface area is 182 Å². The summed E-state index contributed by atoms with van der Waals surface area (Å²) in [6.45, 7) is 4.18. The number of fused-ring (bicyclic) bond motifs is 3. The summed E-state index contributed by atoms with van der Waals surface area (Å²) in [7, 11) is 3.10. The van der Waals surface area contributed by atoms with E-state index in [-0.39, 0.29) is 5.97 Å². The second kappa shape index (κ2) is 8.76. The second-order valence-corrected chi connectivity index (χ2v) is 9.11. The number of pyridine rings is 1. The van der Waals surface area contributed by atoms with E-state index in [1.54, 1.807) is 18.4 Å². The van der Waals surface area contributed by atoms with Crippen molar-refractivity contribution in [3.63, 3.8) is 0 Å². The van der Waals surface area contributed by atoms with Gasteiger partial charge in [0.05, 0.1) is 20.1 Å². The van der Waals surface area contributed by atoms with Gasteiger partial charge in [0.1, 0.15) is 4.83 Å². The van der Waals surface area contributed by atoms with Gasteiger partial charge in [0.2, 0.25) is 5.88 Å². The fourth-order valence-corrected chi connectivity index (χ4v) is 5.86. The first-order valence-electron chi connectivity index (χ1n) is 10.8. The van der Waals surface area contributed by atoms with Gasteiger partial charge in [0.15, 0.2) is 0 Å². The number of hydrogen-bond acceptors (Lipinski definition) is 5. The van der Waals surface area contributed by atoms with E-state index in [1.807, 2.05) is 0 Å². The molecule has 1 atom stereocenters. The highest BCUT2D eigenvalue weighted by atomic mass is 32.1. The predicted octanol–water partition coefficient (Wildman–Crippen LogP) is 6.22. The molecular weight excluding hydrogens is 394 g/mol. The zero-order valence-corrected chi connectivity index (χ0v) is 19.0. The molecule has 0 saturated heterocycles. The summed E-state index contributed by atoms with van der Waals surface area (Å²) in [5.74, 6) is -0.0865. The molecule has 0 bridgehead atoms. The van der Waals surface area contributed by atoms with Crippen LogP contribution in [0.1, 0.15) is 60.1 Å². The smallest absolute Gasteiger partial charge is 0.313 e. The number of carbonyl (C=O) groups is 1. The van der Waals surface area contributed by atoms with Crippen LogP contribution in [0, 0.1) is 6.92 Å². The summed E-state index contributed by atoms with van der Waals surface area (Å²) in [4.78, 5) is 20.2. The van der Waals surface area contributed by atoms with E-state index in [0.717, 1.165) is 40.8 Å². The molecule has 0 amide bonds. The fourth-order valence-electron chi connectivity index (χ4n) is 4.59.